The summed E-state index contributed by atoms with van der Waals surface area (Å²) in [5.41, 5.74) is 0.764. The highest BCUT2D eigenvalue weighted by Crippen LogP contribution is 2.18. The number of hydrogen-bond donors (Lipinski definition) is 2. The minimum Gasteiger partial charge on any atom is -0.349 e. The first kappa shape index (κ1) is 15.2. The number of rotatable bonds is 2. The molecule has 1 aromatic rings. The van der Waals surface area contributed by atoms with Gasteiger partial charge in [-0.05, 0) is 55.2 Å². The molecule has 0 saturated carbocycles. The van der Waals surface area contributed by atoms with Gasteiger partial charge in [0.25, 0.3) is 0 Å². The molecule has 5 nitrogen and oxygen atoms in total. The van der Waals surface area contributed by atoms with Crippen molar-refractivity contribution in [3.05, 3.63) is 24.3 Å². The van der Waals surface area contributed by atoms with Crippen molar-refractivity contribution in [2.45, 2.75) is 24.7 Å². The Bertz CT molecular complexity index is 584. The topological polar surface area (TPSA) is 75.4 Å². The lowest BCUT2D eigenvalue weighted by Gasteiger charge is -2.33. The Morgan fingerprint density at radius 1 is 1.40 bits per heavy atom. The third-order valence-electron chi connectivity index (χ3n) is 3.38. The summed E-state index contributed by atoms with van der Waals surface area (Å²) in [5, 5.41) is 8.87. The minimum atomic E-state index is -3.65. The third-order valence-corrected chi connectivity index (χ3v) is 4.67. The number of thiocarbonyl (C=S) groups is 1. The van der Waals surface area contributed by atoms with Gasteiger partial charge in [-0.1, -0.05) is 6.92 Å². The Morgan fingerprint density at radius 3 is 2.60 bits per heavy atom. The monoisotopic (exact) mass is 313 g/mol. The predicted octanol–water partition coefficient (Wildman–Crippen LogP) is 1.76. The second kappa shape index (κ2) is 6.07. The van der Waals surface area contributed by atoms with Gasteiger partial charge in [0.05, 0.1) is 4.90 Å². The SMILES string of the molecule is CC1CCCN(C(=S)Nc2ccc(S(N)(=O)=O)cc2)C1. The van der Waals surface area contributed by atoms with Crippen LogP contribution in [0.15, 0.2) is 29.2 Å². The number of hydrogen-bond acceptors (Lipinski definition) is 3. The summed E-state index contributed by atoms with van der Waals surface area (Å²) in [7, 11) is -3.65. The maximum Gasteiger partial charge on any atom is 0.238 e. The number of benzene rings is 1. The van der Waals surface area contributed by atoms with Crippen LogP contribution in [0.25, 0.3) is 0 Å². The summed E-state index contributed by atoms with van der Waals surface area (Å²) in [5.74, 6) is 0.647. The zero-order chi connectivity index (χ0) is 14.8. The minimum absolute atomic E-state index is 0.0977. The smallest absolute Gasteiger partial charge is 0.238 e. The maximum absolute atomic E-state index is 11.2. The molecule has 7 heteroatoms. The zero-order valence-electron chi connectivity index (χ0n) is 11.4. The second-order valence-electron chi connectivity index (χ2n) is 5.19. The summed E-state index contributed by atoms with van der Waals surface area (Å²) in [4.78, 5) is 2.25. The molecule has 110 valence electrons. The normalized spacial score (nSPS) is 19.7. The number of nitrogens with zero attached hydrogens (tertiary/aromatic N) is 1. The molecule has 1 aromatic carbocycles. The van der Waals surface area contributed by atoms with Gasteiger partial charge in [0.2, 0.25) is 10.0 Å². The number of nitrogens with two attached hydrogens (primary N) is 1. The molecule has 1 fully saturated rings. The first-order chi connectivity index (χ1) is 9.36. The Morgan fingerprint density at radius 2 is 2.05 bits per heavy atom. The van der Waals surface area contributed by atoms with Gasteiger partial charge in [0, 0.05) is 18.8 Å². The van der Waals surface area contributed by atoms with Crippen LogP contribution >= 0.6 is 12.2 Å². The van der Waals surface area contributed by atoms with Gasteiger partial charge in [-0.2, -0.15) is 0 Å². The van der Waals surface area contributed by atoms with Crippen molar-refractivity contribution in [1.29, 1.82) is 0 Å². The average Bonchev–Trinajstić information content (AvgIpc) is 2.38. The molecule has 0 spiro atoms. The molecule has 0 bridgehead atoms. The van der Waals surface area contributed by atoms with E-state index in [2.05, 4.69) is 17.1 Å². The van der Waals surface area contributed by atoms with E-state index in [1.54, 1.807) is 12.1 Å². The van der Waals surface area contributed by atoms with E-state index in [0.717, 1.165) is 25.2 Å². The van der Waals surface area contributed by atoms with E-state index in [4.69, 9.17) is 17.4 Å². The summed E-state index contributed by atoms with van der Waals surface area (Å²) < 4.78 is 22.3. The highest BCUT2D eigenvalue weighted by molar-refractivity contribution is 7.89. The maximum atomic E-state index is 11.2. The van der Waals surface area contributed by atoms with Crippen LogP contribution in [-0.2, 0) is 10.0 Å². The number of piperidine rings is 1. The molecule has 1 aliphatic heterocycles. The van der Waals surface area contributed by atoms with Crippen molar-refractivity contribution in [2.24, 2.45) is 11.1 Å². The number of primary sulfonamides is 1. The first-order valence-corrected chi connectivity index (χ1v) is 8.50. The molecule has 3 N–H and O–H groups in total. The van der Waals surface area contributed by atoms with E-state index >= 15 is 0 Å². The van der Waals surface area contributed by atoms with Crippen LogP contribution in [0, 0.1) is 5.92 Å². The molecule has 0 radical (unpaired) electrons. The van der Waals surface area contributed by atoms with Crippen LogP contribution in [0.1, 0.15) is 19.8 Å². The standard InChI is InChI=1S/C13H19N3O2S2/c1-10-3-2-8-16(9-10)13(19)15-11-4-6-12(7-5-11)20(14,17)18/h4-7,10H,2-3,8-9H2,1H3,(H,15,19)(H2,14,17,18). The second-order valence-corrected chi connectivity index (χ2v) is 7.14. The fourth-order valence-electron chi connectivity index (χ4n) is 2.30. The van der Waals surface area contributed by atoms with Gasteiger partial charge in [-0.3, -0.25) is 0 Å². The van der Waals surface area contributed by atoms with Gasteiger partial charge in [0.15, 0.2) is 5.11 Å². The van der Waals surface area contributed by atoms with E-state index in [0.29, 0.717) is 11.0 Å². The lowest BCUT2D eigenvalue weighted by atomic mass is 10.0. The first-order valence-electron chi connectivity index (χ1n) is 6.55. The van der Waals surface area contributed by atoms with Crippen molar-refractivity contribution in [2.75, 3.05) is 18.4 Å². The van der Waals surface area contributed by atoms with Crippen molar-refractivity contribution >= 4 is 33.0 Å². The molecular weight excluding hydrogens is 294 g/mol. The Labute approximate surface area is 125 Å². The highest BCUT2D eigenvalue weighted by atomic mass is 32.2. The fraction of sp³-hybridized carbons (Fsp3) is 0.462. The Kier molecular flexibility index (Phi) is 4.62. The van der Waals surface area contributed by atoms with Gasteiger partial charge in [-0.25, -0.2) is 13.6 Å². The van der Waals surface area contributed by atoms with Crippen molar-refractivity contribution in [3.8, 4) is 0 Å². The van der Waals surface area contributed by atoms with Crippen LogP contribution in [0.3, 0.4) is 0 Å². The summed E-state index contributed by atoms with van der Waals surface area (Å²) >= 11 is 5.39. The Hall–Kier alpha value is -1.18. The lowest BCUT2D eigenvalue weighted by molar-refractivity contribution is 0.276. The molecule has 1 aliphatic rings. The predicted molar refractivity (Wildman–Crippen MR) is 84.0 cm³/mol. The number of anilines is 1. The molecular formula is C13H19N3O2S2. The molecule has 2 rings (SSSR count). The lowest BCUT2D eigenvalue weighted by Crippen LogP contribution is -2.41. The van der Waals surface area contributed by atoms with Crippen LogP contribution < -0.4 is 10.5 Å². The third kappa shape index (κ3) is 3.91. The van der Waals surface area contributed by atoms with E-state index in [-0.39, 0.29) is 4.90 Å². The zero-order valence-corrected chi connectivity index (χ0v) is 13.0. The van der Waals surface area contributed by atoms with E-state index in [1.807, 2.05) is 0 Å². The van der Waals surface area contributed by atoms with Gasteiger partial charge < -0.3 is 10.2 Å². The molecule has 1 heterocycles. The van der Waals surface area contributed by atoms with Crippen LogP contribution in [0.4, 0.5) is 5.69 Å². The summed E-state index contributed by atoms with van der Waals surface area (Å²) in [6.45, 7) is 4.14. The van der Waals surface area contributed by atoms with Gasteiger partial charge >= 0.3 is 0 Å². The van der Waals surface area contributed by atoms with Crippen molar-refractivity contribution < 1.29 is 8.42 Å². The van der Waals surface area contributed by atoms with Gasteiger partial charge in [-0.15, -0.1) is 0 Å². The van der Waals surface area contributed by atoms with E-state index < -0.39 is 10.0 Å². The van der Waals surface area contributed by atoms with E-state index in [1.165, 1.54) is 18.6 Å². The van der Waals surface area contributed by atoms with Crippen molar-refractivity contribution in [1.82, 2.24) is 4.90 Å². The van der Waals surface area contributed by atoms with E-state index in [9.17, 15) is 8.42 Å². The summed E-state index contributed by atoms with van der Waals surface area (Å²) in [6.07, 6.45) is 2.38. The fourth-order valence-corrected chi connectivity index (χ4v) is 3.10. The van der Waals surface area contributed by atoms with Gasteiger partial charge in [0.1, 0.15) is 0 Å². The highest BCUT2D eigenvalue weighted by Gasteiger charge is 2.18. The molecule has 0 amide bonds. The molecule has 1 atom stereocenters. The van der Waals surface area contributed by atoms with Crippen LogP contribution in [0.2, 0.25) is 0 Å². The average molecular weight is 313 g/mol. The quantitative estimate of drug-likeness (QED) is 0.814. The molecule has 1 unspecified atom stereocenters. The molecule has 0 aromatic heterocycles. The van der Waals surface area contributed by atoms with Crippen molar-refractivity contribution in [3.63, 3.8) is 0 Å². The molecule has 1 saturated heterocycles. The summed E-state index contributed by atoms with van der Waals surface area (Å²) in [6, 6.07) is 6.27. The number of likely N-dealkylation sites (tertiary alicyclic amines) is 1. The Balaban J connectivity index is 2.01. The molecule has 20 heavy (non-hydrogen) atoms. The number of sulfonamides is 1. The largest absolute Gasteiger partial charge is 0.349 e. The number of nitrogens with one attached hydrogen (secondary N) is 1. The van der Waals surface area contributed by atoms with Crippen LogP contribution in [-0.4, -0.2) is 31.5 Å². The van der Waals surface area contributed by atoms with Crippen LogP contribution in [0.5, 0.6) is 0 Å². The molecule has 0 aliphatic carbocycles.